The van der Waals surface area contributed by atoms with Gasteiger partial charge in [-0.15, -0.1) is 0 Å². The zero-order valence-corrected chi connectivity index (χ0v) is 13.4. The molecule has 0 heterocycles. The van der Waals surface area contributed by atoms with Crippen LogP contribution in [0.2, 0.25) is 0 Å². The quantitative estimate of drug-likeness (QED) is 0.183. The van der Waals surface area contributed by atoms with E-state index >= 15 is 0 Å². The zero-order valence-electron chi connectivity index (χ0n) is 13.4. The summed E-state index contributed by atoms with van der Waals surface area (Å²) in [4.78, 5) is 66.7. The van der Waals surface area contributed by atoms with Gasteiger partial charge in [-0.2, -0.15) is 0 Å². The molecule has 0 saturated heterocycles. The van der Waals surface area contributed by atoms with Gasteiger partial charge in [0.1, 0.15) is 12.1 Å². The maximum Gasteiger partial charge on any atom is 0.326 e. The van der Waals surface area contributed by atoms with Gasteiger partial charge in [-0.3, -0.25) is 24.0 Å². The Kier molecular flexibility index (Phi) is 9.29. The molecule has 0 radical (unpaired) electrons. The Bertz CT molecular complexity index is 591. The summed E-state index contributed by atoms with van der Waals surface area (Å²) in [5.41, 5.74) is 5.30. The number of amides is 2. The number of hydrogen-bond donors (Lipinski definition) is 7. The Labute approximate surface area is 146 Å². The van der Waals surface area contributed by atoms with Gasteiger partial charge < -0.3 is 36.8 Å². The molecule has 0 rings (SSSR count). The molecule has 0 aliphatic rings. The van der Waals surface area contributed by atoms with Gasteiger partial charge in [0.05, 0.1) is 18.9 Å². The van der Waals surface area contributed by atoms with Gasteiger partial charge in [0, 0.05) is 6.42 Å². The van der Waals surface area contributed by atoms with Crippen molar-refractivity contribution in [3.05, 3.63) is 0 Å². The van der Waals surface area contributed by atoms with Crippen molar-refractivity contribution in [1.29, 1.82) is 0 Å². The summed E-state index contributed by atoms with van der Waals surface area (Å²) in [5, 5.41) is 38.7. The van der Waals surface area contributed by atoms with E-state index in [9.17, 15) is 28.8 Å². The monoisotopic (exact) mass is 377 g/mol. The highest BCUT2D eigenvalue weighted by Gasteiger charge is 2.30. The Balaban J connectivity index is 5.08. The molecule has 0 aromatic rings. The fraction of sp³-hybridized carbons (Fsp3) is 0.538. The standard InChI is InChI=1S/C13H19N3O10/c14-5(3-9(19)20)11(23)16-7(4-10(21)22)12(24)15-6(13(25)26)1-2-8(17)18/h5-7H,1-4,14H2,(H,15,24)(H,16,23)(H,17,18)(H,19,20)(H,21,22)(H,25,26). The molecule has 8 N–H and O–H groups in total. The Morgan fingerprint density at radius 2 is 1.23 bits per heavy atom. The average molecular weight is 377 g/mol. The second-order valence-electron chi connectivity index (χ2n) is 5.20. The minimum Gasteiger partial charge on any atom is -0.481 e. The van der Waals surface area contributed by atoms with Gasteiger partial charge in [-0.25, -0.2) is 4.79 Å². The van der Waals surface area contributed by atoms with E-state index in [0.29, 0.717) is 0 Å². The van der Waals surface area contributed by atoms with Crippen molar-refractivity contribution in [1.82, 2.24) is 10.6 Å². The number of rotatable bonds is 12. The van der Waals surface area contributed by atoms with Crippen molar-refractivity contribution in [3.63, 3.8) is 0 Å². The summed E-state index contributed by atoms with van der Waals surface area (Å²) in [6, 6.07) is -4.91. The van der Waals surface area contributed by atoms with E-state index in [2.05, 4.69) is 0 Å². The number of nitrogens with one attached hydrogen (secondary N) is 2. The lowest BCUT2D eigenvalue weighted by Crippen LogP contribution is -2.55. The van der Waals surface area contributed by atoms with Gasteiger partial charge in [0.25, 0.3) is 0 Å². The topological polar surface area (TPSA) is 233 Å². The van der Waals surface area contributed by atoms with Crippen LogP contribution in [0.3, 0.4) is 0 Å². The van der Waals surface area contributed by atoms with Crippen molar-refractivity contribution >= 4 is 35.7 Å². The summed E-state index contributed by atoms with van der Waals surface area (Å²) in [5.74, 6) is -8.07. The molecule has 0 aliphatic heterocycles. The van der Waals surface area contributed by atoms with Crippen LogP contribution in [0.5, 0.6) is 0 Å². The van der Waals surface area contributed by atoms with E-state index in [1.165, 1.54) is 0 Å². The second-order valence-corrected chi connectivity index (χ2v) is 5.20. The number of carboxylic acid groups (broad SMARTS) is 4. The van der Waals surface area contributed by atoms with Crippen LogP contribution in [0.1, 0.15) is 25.7 Å². The summed E-state index contributed by atoms with van der Waals surface area (Å²) >= 11 is 0. The van der Waals surface area contributed by atoms with Crippen molar-refractivity contribution in [2.24, 2.45) is 5.73 Å². The Morgan fingerprint density at radius 1 is 0.731 bits per heavy atom. The minimum atomic E-state index is -1.73. The molecular formula is C13H19N3O10. The van der Waals surface area contributed by atoms with Crippen molar-refractivity contribution in [2.75, 3.05) is 0 Å². The number of carbonyl (C=O) groups excluding carboxylic acids is 2. The Hall–Kier alpha value is -3.22. The first-order valence-electron chi connectivity index (χ1n) is 7.18. The molecule has 2 amide bonds. The summed E-state index contributed by atoms with van der Waals surface area (Å²) in [7, 11) is 0. The lowest BCUT2D eigenvalue weighted by molar-refractivity contribution is -0.144. The van der Waals surface area contributed by atoms with Gasteiger partial charge >= 0.3 is 23.9 Å². The molecule has 0 spiro atoms. The Morgan fingerprint density at radius 3 is 1.65 bits per heavy atom. The molecule has 0 fully saturated rings. The number of carboxylic acids is 4. The van der Waals surface area contributed by atoms with E-state index in [-0.39, 0.29) is 0 Å². The van der Waals surface area contributed by atoms with Crippen LogP contribution in [-0.2, 0) is 28.8 Å². The molecule has 13 heteroatoms. The molecule has 146 valence electrons. The maximum absolute atomic E-state index is 12.1. The molecule has 26 heavy (non-hydrogen) atoms. The highest BCUT2D eigenvalue weighted by atomic mass is 16.4. The average Bonchev–Trinajstić information content (AvgIpc) is 2.48. The summed E-state index contributed by atoms with van der Waals surface area (Å²) in [6.45, 7) is 0. The molecule has 0 aliphatic carbocycles. The van der Waals surface area contributed by atoms with Crippen LogP contribution in [-0.4, -0.2) is 74.2 Å². The van der Waals surface area contributed by atoms with E-state index in [1.807, 2.05) is 10.6 Å². The first kappa shape index (κ1) is 22.8. The zero-order chi connectivity index (χ0) is 20.4. The predicted octanol–water partition coefficient (Wildman–Crippen LogP) is -2.82. The van der Waals surface area contributed by atoms with Crippen molar-refractivity contribution in [2.45, 2.75) is 43.8 Å². The minimum absolute atomic E-state index is 0.470. The number of hydrogen-bond acceptors (Lipinski definition) is 7. The van der Waals surface area contributed by atoms with Gasteiger partial charge in [-0.1, -0.05) is 0 Å². The van der Waals surface area contributed by atoms with Crippen LogP contribution in [0.4, 0.5) is 0 Å². The van der Waals surface area contributed by atoms with Crippen LogP contribution in [0.15, 0.2) is 0 Å². The first-order valence-corrected chi connectivity index (χ1v) is 7.18. The molecule has 3 unspecified atom stereocenters. The molecule has 0 aromatic carbocycles. The highest BCUT2D eigenvalue weighted by molar-refractivity contribution is 5.94. The summed E-state index contributed by atoms with van der Waals surface area (Å²) < 4.78 is 0. The molecular weight excluding hydrogens is 358 g/mol. The third-order valence-electron chi connectivity index (χ3n) is 3.00. The lowest BCUT2D eigenvalue weighted by atomic mass is 10.1. The van der Waals surface area contributed by atoms with Gasteiger partial charge in [-0.05, 0) is 6.42 Å². The van der Waals surface area contributed by atoms with Crippen molar-refractivity contribution in [3.8, 4) is 0 Å². The molecule has 0 saturated carbocycles. The van der Waals surface area contributed by atoms with Gasteiger partial charge in [0.15, 0.2) is 0 Å². The SMILES string of the molecule is NC(CC(=O)O)C(=O)NC(CC(=O)O)C(=O)NC(CCC(=O)O)C(=O)O. The summed E-state index contributed by atoms with van der Waals surface area (Å²) in [6.07, 6.45) is -2.74. The molecule has 0 aromatic heterocycles. The lowest BCUT2D eigenvalue weighted by Gasteiger charge is -2.21. The normalized spacial score (nSPS) is 13.7. The fourth-order valence-electron chi connectivity index (χ4n) is 1.74. The molecule has 0 bridgehead atoms. The number of aliphatic carboxylic acids is 4. The smallest absolute Gasteiger partial charge is 0.326 e. The molecule has 3 atom stereocenters. The van der Waals surface area contributed by atoms with E-state index in [4.69, 9.17) is 26.2 Å². The van der Waals surface area contributed by atoms with Gasteiger partial charge in [0.2, 0.25) is 11.8 Å². The largest absolute Gasteiger partial charge is 0.481 e. The van der Waals surface area contributed by atoms with Crippen LogP contribution >= 0.6 is 0 Å². The predicted molar refractivity (Wildman–Crippen MR) is 80.8 cm³/mol. The van der Waals surface area contributed by atoms with Crippen LogP contribution in [0, 0.1) is 0 Å². The first-order chi connectivity index (χ1) is 11.9. The van der Waals surface area contributed by atoms with Crippen LogP contribution < -0.4 is 16.4 Å². The fourth-order valence-corrected chi connectivity index (χ4v) is 1.74. The van der Waals surface area contributed by atoms with E-state index in [1.54, 1.807) is 0 Å². The third-order valence-corrected chi connectivity index (χ3v) is 3.00. The maximum atomic E-state index is 12.1. The number of carbonyl (C=O) groups is 6. The van der Waals surface area contributed by atoms with E-state index < -0.39 is 79.5 Å². The van der Waals surface area contributed by atoms with Crippen molar-refractivity contribution < 1.29 is 49.2 Å². The van der Waals surface area contributed by atoms with Crippen LogP contribution in [0.25, 0.3) is 0 Å². The van der Waals surface area contributed by atoms with E-state index in [0.717, 1.165) is 0 Å². The highest BCUT2D eigenvalue weighted by Crippen LogP contribution is 2.02. The molecule has 13 nitrogen and oxygen atoms in total. The second kappa shape index (κ2) is 10.6. The third kappa shape index (κ3) is 9.17. The number of nitrogens with two attached hydrogens (primary N) is 1.